The van der Waals surface area contributed by atoms with Gasteiger partial charge in [-0.3, -0.25) is 4.90 Å². The molecule has 2 heteroatoms. The summed E-state index contributed by atoms with van der Waals surface area (Å²) in [6, 6.07) is 6.73. The molecule has 22 heavy (non-hydrogen) atoms. The lowest BCUT2D eigenvalue weighted by molar-refractivity contribution is 0.0262. The Morgan fingerprint density at radius 1 is 1.27 bits per heavy atom. The van der Waals surface area contributed by atoms with Crippen molar-refractivity contribution in [2.45, 2.75) is 58.4 Å². The third-order valence-corrected chi connectivity index (χ3v) is 7.28. The van der Waals surface area contributed by atoms with E-state index >= 15 is 0 Å². The Kier molecular flexibility index (Phi) is 2.98. The standard InChI is InChI=1S/C20H29NO/c1-13-18-9-14-5-6-16(22)10-17(14)20(13,4)7-8-21(18)12-15-11-19(15,2)3/h5-6,10,13,15,18,22H,7-9,11-12H2,1-4H3. The summed E-state index contributed by atoms with van der Waals surface area (Å²) in [7, 11) is 0. The highest BCUT2D eigenvalue weighted by atomic mass is 16.3. The van der Waals surface area contributed by atoms with E-state index in [2.05, 4.69) is 38.7 Å². The van der Waals surface area contributed by atoms with Crippen molar-refractivity contribution in [3.8, 4) is 5.75 Å². The largest absolute Gasteiger partial charge is 0.508 e. The van der Waals surface area contributed by atoms with Crippen LogP contribution in [-0.2, 0) is 11.8 Å². The van der Waals surface area contributed by atoms with Crippen LogP contribution in [0.3, 0.4) is 0 Å². The molecule has 1 aromatic rings. The molecule has 1 aliphatic heterocycles. The number of hydrogen-bond acceptors (Lipinski definition) is 2. The minimum atomic E-state index is 0.229. The first-order valence-electron chi connectivity index (χ1n) is 8.88. The van der Waals surface area contributed by atoms with Gasteiger partial charge in [-0.25, -0.2) is 0 Å². The second-order valence-corrected chi connectivity index (χ2v) is 8.95. The van der Waals surface area contributed by atoms with Gasteiger partial charge in [-0.2, -0.15) is 0 Å². The minimum Gasteiger partial charge on any atom is -0.508 e. The summed E-state index contributed by atoms with van der Waals surface area (Å²) in [6.45, 7) is 12.2. The number of likely N-dealkylation sites (tertiary alicyclic amines) is 1. The smallest absolute Gasteiger partial charge is 0.115 e. The van der Waals surface area contributed by atoms with Crippen LogP contribution in [-0.4, -0.2) is 29.1 Å². The maximum Gasteiger partial charge on any atom is 0.115 e. The monoisotopic (exact) mass is 299 g/mol. The highest BCUT2D eigenvalue weighted by molar-refractivity contribution is 5.44. The summed E-state index contributed by atoms with van der Waals surface area (Å²) in [6.07, 6.45) is 3.76. The molecule has 4 rings (SSSR count). The topological polar surface area (TPSA) is 23.5 Å². The Hall–Kier alpha value is -1.02. The predicted molar refractivity (Wildman–Crippen MR) is 90.2 cm³/mol. The van der Waals surface area contributed by atoms with E-state index in [4.69, 9.17) is 0 Å². The molecule has 4 unspecified atom stereocenters. The van der Waals surface area contributed by atoms with E-state index in [1.807, 2.05) is 12.1 Å². The van der Waals surface area contributed by atoms with Crippen molar-refractivity contribution < 1.29 is 5.11 Å². The summed E-state index contributed by atoms with van der Waals surface area (Å²) in [4.78, 5) is 2.78. The first kappa shape index (κ1) is 14.6. The van der Waals surface area contributed by atoms with Gasteiger partial charge >= 0.3 is 0 Å². The molecule has 0 aromatic heterocycles. The molecular formula is C20H29NO. The molecule has 2 bridgehead atoms. The molecule has 0 spiro atoms. The maximum atomic E-state index is 9.91. The predicted octanol–water partition coefficient (Wildman–Crippen LogP) is 3.96. The van der Waals surface area contributed by atoms with Crippen molar-refractivity contribution in [3.05, 3.63) is 29.3 Å². The number of nitrogens with zero attached hydrogens (tertiary/aromatic N) is 1. The van der Waals surface area contributed by atoms with Gasteiger partial charge in [0.2, 0.25) is 0 Å². The number of fused-ring (bicyclic) bond motifs is 4. The fourth-order valence-electron chi connectivity index (χ4n) is 5.09. The Bertz CT molecular complexity index is 608. The van der Waals surface area contributed by atoms with Crippen LogP contribution in [0.25, 0.3) is 0 Å². The Balaban J connectivity index is 1.64. The molecule has 1 saturated carbocycles. The van der Waals surface area contributed by atoms with E-state index in [9.17, 15) is 5.11 Å². The van der Waals surface area contributed by atoms with Gasteiger partial charge in [0.05, 0.1) is 0 Å². The van der Waals surface area contributed by atoms with Crippen LogP contribution in [0.5, 0.6) is 5.75 Å². The summed E-state index contributed by atoms with van der Waals surface area (Å²) >= 11 is 0. The van der Waals surface area contributed by atoms with E-state index in [0.29, 0.717) is 23.1 Å². The third-order valence-electron chi connectivity index (χ3n) is 7.28. The highest BCUT2D eigenvalue weighted by Crippen LogP contribution is 2.54. The zero-order valence-electron chi connectivity index (χ0n) is 14.4. The van der Waals surface area contributed by atoms with E-state index in [-0.39, 0.29) is 5.41 Å². The van der Waals surface area contributed by atoms with Gasteiger partial charge in [0.1, 0.15) is 5.75 Å². The van der Waals surface area contributed by atoms with Gasteiger partial charge in [0.15, 0.2) is 0 Å². The molecule has 1 saturated heterocycles. The molecule has 0 radical (unpaired) electrons. The number of piperidine rings is 1. The number of benzene rings is 1. The van der Waals surface area contributed by atoms with Crippen LogP contribution < -0.4 is 0 Å². The Labute approximate surface area is 134 Å². The van der Waals surface area contributed by atoms with Crippen LogP contribution in [0.1, 0.15) is 51.7 Å². The zero-order chi connectivity index (χ0) is 15.7. The fraction of sp³-hybridized carbons (Fsp3) is 0.700. The van der Waals surface area contributed by atoms with Gasteiger partial charge < -0.3 is 5.11 Å². The number of rotatable bonds is 2. The Morgan fingerprint density at radius 2 is 2.00 bits per heavy atom. The van der Waals surface area contributed by atoms with Crippen LogP contribution >= 0.6 is 0 Å². The maximum absolute atomic E-state index is 9.91. The summed E-state index contributed by atoms with van der Waals surface area (Å²) < 4.78 is 0. The lowest BCUT2D eigenvalue weighted by Crippen LogP contribution is -2.58. The second-order valence-electron chi connectivity index (χ2n) is 8.95. The van der Waals surface area contributed by atoms with Gasteiger partial charge in [-0.15, -0.1) is 0 Å². The highest BCUT2D eigenvalue weighted by Gasteiger charge is 2.52. The quantitative estimate of drug-likeness (QED) is 0.893. The van der Waals surface area contributed by atoms with Gasteiger partial charge in [0.25, 0.3) is 0 Å². The molecule has 1 aromatic carbocycles. The molecular weight excluding hydrogens is 270 g/mol. The zero-order valence-corrected chi connectivity index (χ0v) is 14.4. The SMILES string of the molecule is CC1C2Cc3ccc(O)cc3C1(C)CCN2CC1CC1(C)C. The lowest BCUT2D eigenvalue weighted by Gasteiger charge is -2.55. The van der Waals surface area contributed by atoms with Gasteiger partial charge in [-0.05, 0) is 71.7 Å². The summed E-state index contributed by atoms with van der Waals surface area (Å²) in [5.74, 6) is 1.98. The number of phenols is 1. The van der Waals surface area contributed by atoms with Crippen LogP contribution in [0.15, 0.2) is 18.2 Å². The molecule has 120 valence electrons. The van der Waals surface area contributed by atoms with Crippen LogP contribution in [0.2, 0.25) is 0 Å². The third kappa shape index (κ3) is 2.03. The molecule has 2 aliphatic carbocycles. The van der Waals surface area contributed by atoms with Crippen molar-refractivity contribution in [1.29, 1.82) is 0 Å². The number of phenolic OH excluding ortho intramolecular Hbond substituents is 1. The van der Waals surface area contributed by atoms with E-state index in [0.717, 1.165) is 12.3 Å². The van der Waals surface area contributed by atoms with Crippen molar-refractivity contribution in [2.24, 2.45) is 17.3 Å². The van der Waals surface area contributed by atoms with Crippen LogP contribution in [0, 0.1) is 17.3 Å². The number of aromatic hydroxyl groups is 1. The van der Waals surface area contributed by atoms with E-state index in [1.54, 1.807) is 0 Å². The van der Waals surface area contributed by atoms with Crippen LogP contribution in [0.4, 0.5) is 0 Å². The lowest BCUT2D eigenvalue weighted by atomic mass is 9.59. The van der Waals surface area contributed by atoms with E-state index < -0.39 is 0 Å². The van der Waals surface area contributed by atoms with Crippen molar-refractivity contribution in [1.82, 2.24) is 4.90 Å². The Morgan fingerprint density at radius 3 is 2.68 bits per heavy atom. The molecule has 3 aliphatic rings. The first-order valence-corrected chi connectivity index (χ1v) is 8.88. The molecule has 4 atom stereocenters. The van der Waals surface area contributed by atoms with Crippen molar-refractivity contribution in [3.63, 3.8) is 0 Å². The minimum absolute atomic E-state index is 0.229. The van der Waals surface area contributed by atoms with Gasteiger partial charge in [-0.1, -0.05) is 33.8 Å². The summed E-state index contributed by atoms with van der Waals surface area (Å²) in [5.41, 5.74) is 3.67. The number of hydrogen-bond donors (Lipinski definition) is 1. The van der Waals surface area contributed by atoms with Crippen molar-refractivity contribution in [2.75, 3.05) is 13.1 Å². The van der Waals surface area contributed by atoms with E-state index in [1.165, 1.54) is 37.1 Å². The molecule has 2 fully saturated rings. The second kappa shape index (κ2) is 4.50. The fourth-order valence-corrected chi connectivity index (χ4v) is 5.09. The normalized spacial score (nSPS) is 39.4. The van der Waals surface area contributed by atoms with Gasteiger partial charge in [0, 0.05) is 12.6 Å². The molecule has 1 heterocycles. The average Bonchev–Trinajstić information content (AvgIpc) is 3.05. The molecule has 1 N–H and O–H groups in total. The average molecular weight is 299 g/mol. The summed E-state index contributed by atoms with van der Waals surface area (Å²) in [5, 5.41) is 9.91. The first-order chi connectivity index (χ1) is 10.3. The molecule has 2 nitrogen and oxygen atoms in total. The van der Waals surface area contributed by atoms with Crippen molar-refractivity contribution >= 4 is 0 Å². The molecule has 0 amide bonds.